The van der Waals surface area contributed by atoms with E-state index in [1.165, 1.54) is 30.7 Å². The molecule has 0 amide bonds. The van der Waals surface area contributed by atoms with E-state index in [1.807, 2.05) is 0 Å². The molecule has 2 N–H and O–H groups in total. The lowest BCUT2D eigenvalue weighted by Gasteiger charge is -2.09. The first-order valence-corrected chi connectivity index (χ1v) is 6.52. The SMILES string of the molecule is Nc1c(-c2ncccn2)cc(-c2cncc(F)c2)cc1[N+](=O)[O-]. The predicted octanol–water partition coefficient (Wildman–Crippen LogP) is 2.84. The summed E-state index contributed by atoms with van der Waals surface area (Å²) in [5, 5.41) is 11.3. The molecule has 0 fully saturated rings. The largest absolute Gasteiger partial charge is 0.393 e. The van der Waals surface area contributed by atoms with Gasteiger partial charge < -0.3 is 5.73 Å². The van der Waals surface area contributed by atoms with Crippen molar-refractivity contribution < 1.29 is 9.31 Å². The normalized spacial score (nSPS) is 10.5. The Labute approximate surface area is 129 Å². The number of benzene rings is 1. The standard InChI is InChI=1S/C15H10FN5O2/c16-11-4-10(7-18-8-11)9-5-12(15-19-2-1-3-20-15)14(17)13(6-9)21(22)23/h1-8H,17H2. The molecule has 2 aromatic heterocycles. The molecule has 3 rings (SSSR count). The summed E-state index contributed by atoms with van der Waals surface area (Å²) >= 11 is 0. The van der Waals surface area contributed by atoms with Crippen LogP contribution in [0.25, 0.3) is 22.5 Å². The Morgan fingerprint density at radius 3 is 2.48 bits per heavy atom. The number of aromatic nitrogens is 3. The first-order valence-electron chi connectivity index (χ1n) is 6.52. The number of rotatable bonds is 3. The number of hydrogen-bond acceptors (Lipinski definition) is 6. The van der Waals surface area contributed by atoms with Gasteiger partial charge in [0.2, 0.25) is 0 Å². The van der Waals surface area contributed by atoms with E-state index in [2.05, 4.69) is 15.0 Å². The van der Waals surface area contributed by atoms with E-state index < -0.39 is 10.7 Å². The number of pyridine rings is 1. The molecule has 0 aliphatic heterocycles. The zero-order chi connectivity index (χ0) is 16.4. The van der Waals surface area contributed by atoms with Gasteiger partial charge in [0, 0.05) is 35.8 Å². The number of nitrogens with two attached hydrogens (primary N) is 1. The third kappa shape index (κ3) is 2.82. The third-order valence-electron chi connectivity index (χ3n) is 3.20. The molecule has 1 aromatic carbocycles. The Hall–Kier alpha value is -3.42. The van der Waals surface area contributed by atoms with Crippen molar-refractivity contribution in [3.8, 4) is 22.5 Å². The van der Waals surface area contributed by atoms with Gasteiger partial charge in [0.1, 0.15) is 11.5 Å². The van der Waals surface area contributed by atoms with Gasteiger partial charge in [-0.15, -0.1) is 0 Å². The maximum Gasteiger partial charge on any atom is 0.293 e. The second kappa shape index (κ2) is 5.76. The summed E-state index contributed by atoms with van der Waals surface area (Å²) in [5.41, 5.74) is 6.64. The van der Waals surface area contributed by atoms with Crippen molar-refractivity contribution in [1.29, 1.82) is 0 Å². The fraction of sp³-hybridized carbons (Fsp3) is 0. The topological polar surface area (TPSA) is 108 Å². The maximum absolute atomic E-state index is 13.4. The zero-order valence-electron chi connectivity index (χ0n) is 11.7. The monoisotopic (exact) mass is 311 g/mol. The minimum Gasteiger partial charge on any atom is -0.393 e. The Bertz CT molecular complexity index is 886. The van der Waals surface area contributed by atoms with E-state index in [1.54, 1.807) is 12.1 Å². The number of halogens is 1. The number of nitrogens with zero attached hydrogens (tertiary/aromatic N) is 4. The van der Waals surface area contributed by atoms with Gasteiger partial charge in [-0.05, 0) is 23.8 Å². The lowest BCUT2D eigenvalue weighted by molar-refractivity contribution is -0.383. The molecule has 0 bridgehead atoms. The van der Waals surface area contributed by atoms with Gasteiger partial charge in [-0.25, -0.2) is 14.4 Å². The van der Waals surface area contributed by atoms with E-state index in [-0.39, 0.29) is 17.2 Å². The molecule has 0 aliphatic carbocycles. The quantitative estimate of drug-likeness (QED) is 0.452. The first kappa shape index (κ1) is 14.5. The molecule has 0 saturated heterocycles. The fourth-order valence-electron chi connectivity index (χ4n) is 2.15. The van der Waals surface area contributed by atoms with Crippen LogP contribution in [0.5, 0.6) is 0 Å². The van der Waals surface area contributed by atoms with Gasteiger partial charge in [-0.1, -0.05) is 0 Å². The van der Waals surface area contributed by atoms with Gasteiger partial charge in [0.25, 0.3) is 5.69 Å². The van der Waals surface area contributed by atoms with Crippen molar-refractivity contribution in [2.45, 2.75) is 0 Å². The molecule has 2 heterocycles. The molecule has 0 aliphatic rings. The van der Waals surface area contributed by atoms with Crippen molar-refractivity contribution >= 4 is 11.4 Å². The summed E-state index contributed by atoms with van der Waals surface area (Å²) in [6.45, 7) is 0. The van der Waals surface area contributed by atoms with Crippen molar-refractivity contribution in [3.63, 3.8) is 0 Å². The summed E-state index contributed by atoms with van der Waals surface area (Å²) in [6, 6.07) is 5.71. The van der Waals surface area contributed by atoms with Crippen LogP contribution in [0.4, 0.5) is 15.8 Å². The van der Waals surface area contributed by atoms with Crippen molar-refractivity contribution in [2.24, 2.45) is 0 Å². The van der Waals surface area contributed by atoms with Gasteiger partial charge >= 0.3 is 0 Å². The van der Waals surface area contributed by atoms with Crippen LogP contribution in [0.2, 0.25) is 0 Å². The number of nitro benzene ring substituents is 1. The van der Waals surface area contributed by atoms with Crippen molar-refractivity contribution in [3.05, 3.63) is 65.0 Å². The van der Waals surface area contributed by atoms with Crippen LogP contribution in [-0.4, -0.2) is 19.9 Å². The number of anilines is 1. The highest BCUT2D eigenvalue weighted by atomic mass is 19.1. The summed E-state index contributed by atoms with van der Waals surface area (Å²) < 4.78 is 13.4. The second-order valence-corrected chi connectivity index (χ2v) is 4.68. The van der Waals surface area contributed by atoms with Crippen LogP contribution in [0.1, 0.15) is 0 Å². The maximum atomic E-state index is 13.4. The lowest BCUT2D eigenvalue weighted by Crippen LogP contribution is -2.01. The molecule has 0 unspecified atom stereocenters. The number of hydrogen-bond donors (Lipinski definition) is 1. The Morgan fingerprint density at radius 1 is 1.09 bits per heavy atom. The highest BCUT2D eigenvalue weighted by Gasteiger charge is 2.20. The Balaban J connectivity index is 2.26. The Morgan fingerprint density at radius 2 is 1.83 bits per heavy atom. The molecular weight excluding hydrogens is 301 g/mol. The van der Waals surface area contributed by atoms with Crippen LogP contribution in [0.3, 0.4) is 0 Å². The van der Waals surface area contributed by atoms with Crippen molar-refractivity contribution in [2.75, 3.05) is 5.73 Å². The molecular formula is C15H10FN5O2. The minimum atomic E-state index is -0.599. The molecule has 7 nitrogen and oxygen atoms in total. The highest BCUT2D eigenvalue weighted by Crippen LogP contribution is 2.36. The summed E-state index contributed by atoms with van der Waals surface area (Å²) in [6.07, 6.45) is 5.47. The smallest absolute Gasteiger partial charge is 0.293 e. The molecule has 0 atom stereocenters. The number of nitro groups is 1. The summed E-state index contributed by atoms with van der Waals surface area (Å²) in [4.78, 5) is 22.5. The Kier molecular flexibility index (Phi) is 3.63. The molecule has 0 spiro atoms. The average Bonchev–Trinajstić information content (AvgIpc) is 2.55. The van der Waals surface area contributed by atoms with E-state index >= 15 is 0 Å². The van der Waals surface area contributed by atoms with Crippen molar-refractivity contribution in [1.82, 2.24) is 15.0 Å². The van der Waals surface area contributed by atoms with Crippen LogP contribution < -0.4 is 5.73 Å². The third-order valence-corrected chi connectivity index (χ3v) is 3.20. The van der Waals surface area contributed by atoms with Crippen LogP contribution in [-0.2, 0) is 0 Å². The van der Waals surface area contributed by atoms with Crippen LogP contribution >= 0.6 is 0 Å². The lowest BCUT2D eigenvalue weighted by atomic mass is 10.0. The van der Waals surface area contributed by atoms with E-state index in [0.29, 0.717) is 16.7 Å². The first-order chi connectivity index (χ1) is 11.1. The van der Waals surface area contributed by atoms with Crippen LogP contribution in [0.15, 0.2) is 49.1 Å². The predicted molar refractivity (Wildman–Crippen MR) is 81.7 cm³/mol. The molecule has 0 saturated carbocycles. The molecule has 3 aromatic rings. The molecule has 0 radical (unpaired) electrons. The fourth-order valence-corrected chi connectivity index (χ4v) is 2.15. The van der Waals surface area contributed by atoms with E-state index in [0.717, 1.165) is 6.20 Å². The van der Waals surface area contributed by atoms with Gasteiger partial charge in [0.05, 0.1) is 11.1 Å². The van der Waals surface area contributed by atoms with Gasteiger partial charge in [-0.3, -0.25) is 15.1 Å². The summed E-state index contributed by atoms with van der Waals surface area (Å²) in [7, 11) is 0. The molecule has 8 heteroatoms. The van der Waals surface area contributed by atoms with Crippen LogP contribution in [0, 0.1) is 15.9 Å². The number of nitrogen functional groups attached to an aromatic ring is 1. The second-order valence-electron chi connectivity index (χ2n) is 4.68. The van der Waals surface area contributed by atoms with Gasteiger partial charge in [0.15, 0.2) is 5.82 Å². The highest BCUT2D eigenvalue weighted by molar-refractivity contribution is 5.85. The van der Waals surface area contributed by atoms with E-state index in [4.69, 9.17) is 5.73 Å². The average molecular weight is 311 g/mol. The summed E-state index contributed by atoms with van der Waals surface area (Å²) in [5.74, 6) is -0.293. The zero-order valence-corrected chi connectivity index (χ0v) is 11.7. The van der Waals surface area contributed by atoms with Gasteiger partial charge in [-0.2, -0.15) is 0 Å². The molecule has 23 heavy (non-hydrogen) atoms. The molecule has 114 valence electrons. The minimum absolute atomic E-state index is 0.0469. The van der Waals surface area contributed by atoms with E-state index in [9.17, 15) is 14.5 Å².